The van der Waals surface area contributed by atoms with E-state index in [-0.39, 0.29) is 5.91 Å². The molecule has 6 nitrogen and oxygen atoms in total. The number of aryl methyl sites for hydroxylation is 1. The van der Waals surface area contributed by atoms with Crippen molar-refractivity contribution in [3.05, 3.63) is 64.5 Å². The van der Waals surface area contributed by atoms with Gasteiger partial charge in [-0.15, -0.1) is 0 Å². The Balaban J connectivity index is 1.68. The van der Waals surface area contributed by atoms with Crippen LogP contribution in [0.15, 0.2) is 53.3 Å². The number of hydrogen-bond acceptors (Lipinski definition) is 3. The fourth-order valence-electron chi connectivity index (χ4n) is 2.18. The second-order valence-corrected chi connectivity index (χ2v) is 5.87. The summed E-state index contributed by atoms with van der Waals surface area (Å²) in [4.78, 5) is 12.3. The van der Waals surface area contributed by atoms with Crippen molar-refractivity contribution < 1.29 is 4.79 Å². The molecule has 0 fully saturated rings. The first-order valence-corrected chi connectivity index (χ1v) is 8.06. The molecule has 23 heavy (non-hydrogen) atoms. The summed E-state index contributed by atoms with van der Waals surface area (Å²) in [5, 5.41) is 11.4. The van der Waals surface area contributed by atoms with E-state index in [2.05, 4.69) is 31.4 Å². The normalized spacial score (nSPS) is 10.7. The maximum atomic E-state index is 12.3. The number of anilines is 1. The first kappa shape index (κ1) is 15.5. The Morgan fingerprint density at radius 1 is 1.17 bits per heavy atom. The van der Waals surface area contributed by atoms with Gasteiger partial charge in [0.05, 0.1) is 11.0 Å². The molecule has 3 aromatic rings. The summed E-state index contributed by atoms with van der Waals surface area (Å²) in [6.45, 7) is 3.33. The van der Waals surface area contributed by atoms with E-state index in [1.165, 1.54) is 0 Å². The monoisotopic (exact) mass is 373 g/mol. The first-order valence-electron chi connectivity index (χ1n) is 7.27. The quantitative estimate of drug-likeness (QED) is 0.746. The minimum absolute atomic E-state index is 0.283. The Morgan fingerprint density at radius 2 is 1.96 bits per heavy atom. The number of carbonyl (C=O) groups excluding carboxylic acids is 1. The highest BCUT2D eigenvalue weighted by atomic mass is 79.9. The predicted molar refractivity (Wildman–Crippen MR) is 91.3 cm³/mol. The van der Waals surface area contributed by atoms with Crippen LogP contribution < -0.4 is 5.32 Å². The third kappa shape index (κ3) is 3.68. The number of amides is 1. The summed E-state index contributed by atoms with van der Waals surface area (Å²) in [7, 11) is 0. The third-order valence-corrected chi connectivity index (χ3v) is 3.91. The van der Waals surface area contributed by atoms with Crippen molar-refractivity contribution in [2.45, 2.75) is 20.0 Å². The molecule has 0 saturated heterocycles. The Morgan fingerprint density at radius 3 is 2.65 bits per heavy atom. The van der Waals surface area contributed by atoms with E-state index in [9.17, 15) is 4.79 Å². The summed E-state index contributed by atoms with van der Waals surface area (Å²) in [6, 6.07) is 11.8. The van der Waals surface area contributed by atoms with Crippen molar-refractivity contribution in [2.75, 3.05) is 5.32 Å². The molecule has 2 aromatic heterocycles. The highest BCUT2D eigenvalue weighted by molar-refractivity contribution is 9.10. The Kier molecular flexibility index (Phi) is 4.57. The molecule has 0 bridgehead atoms. The third-order valence-electron chi connectivity index (χ3n) is 3.33. The SMILES string of the molecule is CCn1cc(Br)c(C(=O)Nc2ccn(Cc3ccccc3)n2)n1. The molecule has 0 unspecified atom stereocenters. The van der Waals surface area contributed by atoms with Crippen LogP contribution in [0.25, 0.3) is 0 Å². The van der Waals surface area contributed by atoms with Gasteiger partial charge in [0.1, 0.15) is 0 Å². The van der Waals surface area contributed by atoms with E-state index in [0.29, 0.717) is 29.1 Å². The lowest BCUT2D eigenvalue weighted by Gasteiger charge is -2.02. The molecule has 0 saturated carbocycles. The lowest BCUT2D eigenvalue weighted by molar-refractivity contribution is 0.102. The second-order valence-electron chi connectivity index (χ2n) is 5.02. The van der Waals surface area contributed by atoms with Crippen molar-refractivity contribution in [3.8, 4) is 0 Å². The molecular weight excluding hydrogens is 358 g/mol. The van der Waals surface area contributed by atoms with Gasteiger partial charge in [-0.1, -0.05) is 30.3 Å². The predicted octanol–water partition coefficient (Wildman–Crippen LogP) is 3.16. The molecule has 3 rings (SSSR count). The van der Waals surface area contributed by atoms with E-state index in [0.717, 1.165) is 5.56 Å². The average molecular weight is 374 g/mol. The zero-order chi connectivity index (χ0) is 16.2. The van der Waals surface area contributed by atoms with E-state index in [1.807, 2.05) is 43.5 Å². The van der Waals surface area contributed by atoms with Gasteiger partial charge in [0.15, 0.2) is 11.5 Å². The number of nitrogens with one attached hydrogen (secondary N) is 1. The van der Waals surface area contributed by atoms with Gasteiger partial charge in [0.2, 0.25) is 0 Å². The summed E-state index contributed by atoms with van der Waals surface area (Å²) in [5.41, 5.74) is 1.50. The van der Waals surface area contributed by atoms with E-state index in [1.54, 1.807) is 21.6 Å². The Bertz CT molecular complexity index is 809. The van der Waals surface area contributed by atoms with Crippen molar-refractivity contribution >= 4 is 27.7 Å². The molecule has 0 spiro atoms. The second kappa shape index (κ2) is 6.78. The van der Waals surface area contributed by atoms with Crippen LogP contribution in [-0.2, 0) is 13.1 Å². The van der Waals surface area contributed by atoms with Crippen molar-refractivity contribution in [1.29, 1.82) is 0 Å². The van der Waals surface area contributed by atoms with Gasteiger partial charge in [-0.25, -0.2) is 0 Å². The van der Waals surface area contributed by atoms with E-state index >= 15 is 0 Å². The number of halogens is 1. The molecular formula is C16H16BrN5O. The Labute approximate surface area is 142 Å². The Hall–Kier alpha value is -2.41. The topological polar surface area (TPSA) is 64.7 Å². The summed E-state index contributed by atoms with van der Waals surface area (Å²) < 4.78 is 4.15. The van der Waals surface area contributed by atoms with Crippen LogP contribution in [0.3, 0.4) is 0 Å². The molecule has 0 aliphatic rings. The molecule has 0 aliphatic carbocycles. The number of nitrogens with zero attached hydrogens (tertiary/aromatic N) is 4. The fourth-order valence-corrected chi connectivity index (χ4v) is 2.67. The molecule has 1 amide bonds. The lowest BCUT2D eigenvalue weighted by Crippen LogP contribution is -2.14. The van der Waals surface area contributed by atoms with Crippen molar-refractivity contribution in [3.63, 3.8) is 0 Å². The van der Waals surface area contributed by atoms with Gasteiger partial charge in [-0.3, -0.25) is 14.2 Å². The van der Waals surface area contributed by atoms with Crippen LogP contribution in [0.4, 0.5) is 5.82 Å². The molecule has 0 atom stereocenters. The number of carbonyl (C=O) groups is 1. The van der Waals surface area contributed by atoms with Crippen LogP contribution in [0.2, 0.25) is 0 Å². The van der Waals surface area contributed by atoms with Gasteiger partial charge in [-0.2, -0.15) is 10.2 Å². The van der Waals surface area contributed by atoms with Crippen LogP contribution in [0.5, 0.6) is 0 Å². The van der Waals surface area contributed by atoms with Gasteiger partial charge in [-0.05, 0) is 28.4 Å². The molecule has 1 N–H and O–H groups in total. The first-order chi connectivity index (χ1) is 11.2. The number of rotatable bonds is 5. The molecule has 0 radical (unpaired) electrons. The zero-order valence-corrected chi connectivity index (χ0v) is 14.2. The largest absolute Gasteiger partial charge is 0.304 e. The molecule has 2 heterocycles. The van der Waals surface area contributed by atoms with Gasteiger partial charge in [0.25, 0.3) is 5.91 Å². The minimum Gasteiger partial charge on any atom is -0.304 e. The number of hydrogen-bond donors (Lipinski definition) is 1. The van der Waals surface area contributed by atoms with Crippen LogP contribution in [0, 0.1) is 0 Å². The summed E-state index contributed by atoms with van der Waals surface area (Å²) >= 11 is 3.35. The molecule has 0 aliphatic heterocycles. The van der Waals surface area contributed by atoms with Crippen LogP contribution in [0.1, 0.15) is 23.0 Å². The van der Waals surface area contributed by atoms with E-state index in [4.69, 9.17) is 0 Å². The average Bonchev–Trinajstić information content (AvgIpc) is 3.14. The smallest absolute Gasteiger partial charge is 0.278 e. The molecule has 118 valence electrons. The van der Waals surface area contributed by atoms with Crippen molar-refractivity contribution in [1.82, 2.24) is 19.6 Å². The van der Waals surface area contributed by atoms with Gasteiger partial charge < -0.3 is 5.32 Å². The zero-order valence-electron chi connectivity index (χ0n) is 12.6. The van der Waals surface area contributed by atoms with Crippen LogP contribution in [-0.4, -0.2) is 25.5 Å². The van der Waals surface area contributed by atoms with Crippen molar-refractivity contribution in [2.24, 2.45) is 0 Å². The van der Waals surface area contributed by atoms with Gasteiger partial charge in [0, 0.05) is 25.0 Å². The summed E-state index contributed by atoms with van der Waals surface area (Å²) in [6.07, 6.45) is 3.62. The maximum absolute atomic E-state index is 12.3. The van der Waals surface area contributed by atoms with Crippen LogP contribution >= 0.6 is 15.9 Å². The maximum Gasteiger partial charge on any atom is 0.278 e. The number of aromatic nitrogens is 4. The fraction of sp³-hybridized carbons (Fsp3) is 0.188. The number of benzene rings is 1. The highest BCUT2D eigenvalue weighted by Crippen LogP contribution is 2.16. The highest BCUT2D eigenvalue weighted by Gasteiger charge is 2.16. The summed E-state index contributed by atoms with van der Waals surface area (Å²) in [5.74, 6) is 0.220. The standard InChI is InChI=1S/C16H16BrN5O/c1-2-21-11-13(17)15(20-21)16(23)18-14-8-9-22(19-14)10-12-6-4-3-5-7-12/h3-9,11H,2,10H2,1H3,(H,18,19,23). The molecule has 1 aromatic carbocycles. The van der Waals surface area contributed by atoms with E-state index < -0.39 is 0 Å². The lowest BCUT2D eigenvalue weighted by atomic mass is 10.2. The molecule has 7 heteroatoms. The van der Waals surface area contributed by atoms with Gasteiger partial charge >= 0.3 is 0 Å². The minimum atomic E-state index is -0.283.